The zero-order valence-electron chi connectivity index (χ0n) is 7.45. The van der Waals surface area contributed by atoms with Crippen LogP contribution in [0.4, 0.5) is 13.2 Å². The molecule has 0 atom stereocenters. The fourth-order valence-electron chi connectivity index (χ4n) is 1.11. The monoisotopic (exact) mass is 256 g/mol. The Hall–Kier alpha value is -0.740. The Balaban J connectivity index is 3.39. The van der Waals surface area contributed by atoms with Crippen molar-refractivity contribution in [2.75, 3.05) is 0 Å². The van der Waals surface area contributed by atoms with Gasteiger partial charge >= 0.3 is 6.18 Å². The number of benzene rings is 1. The molecule has 0 aliphatic heterocycles. The van der Waals surface area contributed by atoms with Crippen LogP contribution in [0, 0.1) is 6.92 Å². The minimum absolute atomic E-state index is 0.0188. The molecule has 82 valence electrons. The lowest BCUT2D eigenvalue weighted by atomic mass is 10.1. The first-order chi connectivity index (χ1) is 6.73. The summed E-state index contributed by atoms with van der Waals surface area (Å²) in [6.07, 6.45) is -4.53. The maximum absolute atomic E-state index is 12.4. The smallest absolute Gasteiger partial charge is 0.276 e. The molecule has 0 saturated carbocycles. The van der Waals surface area contributed by atoms with Gasteiger partial charge in [-0.05, 0) is 36.2 Å². The van der Waals surface area contributed by atoms with Gasteiger partial charge in [0.25, 0.3) is 5.24 Å². The highest BCUT2D eigenvalue weighted by molar-refractivity contribution is 6.68. The lowest BCUT2D eigenvalue weighted by molar-refractivity contribution is -0.137. The molecule has 0 aromatic heterocycles. The molecule has 1 nitrogen and oxygen atoms in total. The van der Waals surface area contributed by atoms with E-state index in [-0.39, 0.29) is 11.1 Å². The van der Waals surface area contributed by atoms with Crippen molar-refractivity contribution in [3.8, 4) is 0 Å². The van der Waals surface area contributed by atoms with Gasteiger partial charge in [0, 0.05) is 5.56 Å². The summed E-state index contributed by atoms with van der Waals surface area (Å²) in [6.45, 7) is 1.36. The van der Waals surface area contributed by atoms with Crippen molar-refractivity contribution in [3.05, 3.63) is 33.8 Å². The van der Waals surface area contributed by atoms with Crippen LogP contribution in [-0.4, -0.2) is 5.24 Å². The van der Waals surface area contributed by atoms with E-state index in [0.29, 0.717) is 0 Å². The number of aryl methyl sites for hydroxylation is 1. The van der Waals surface area contributed by atoms with Gasteiger partial charge in [-0.3, -0.25) is 4.79 Å². The van der Waals surface area contributed by atoms with E-state index >= 15 is 0 Å². The van der Waals surface area contributed by atoms with Crippen molar-refractivity contribution in [3.63, 3.8) is 0 Å². The molecule has 0 aliphatic carbocycles. The zero-order chi connectivity index (χ0) is 11.8. The average molecular weight is 257 g/mol. The van der Waals surface area contributed by atoms with E-state index < -0.39 is 22.0 Å². The van der Waals surface area contributed by atoms with E-state index in [2.05, 4.69) is 0 Å². The highest BCUT2D eigenvalue weighted by Crippen LogP contribution is 2.36. The third-order valence-electron chi connectivity index (χ3n) is 1.83. The van der Waals surface area contributed by atoms with Crippen LogP contribution in [0.15, 0.2) is 12.1 Å². The molecule has 6 heteroatoms. The Morgan fingerprint density at radius 3 is 2.27 bits per heavy atom. The second kappa shape index (κ2) is 4.02. The number of carbonyl (C=O) groups is 1. The normalized spacial score (nSPS) is 11.6. The Labute approximate surface area is 93.8 Å². The van der Waals surface area contributed by atoms with Crippen LogP contribution >= 0.6 is 23.2 Å². The first kappa shape index (κ1) is 12.3. The Kier molecular flexibility index (Phi) is 3.31. The minimum atomic E-state index is -4.53. The number of alkyl halides is 3. The molecule has 0 amide bonds. The van der Waals surface area contributed by atoms with Crippen molar-refractivity contribution in [2.45, 2.75) is 13.1 Å². The second-order valence-corrected chi connectivity index (χ2v) is 3.67. The van der Waals surface area contributed by atoms with Crippen LogP contribution in [0.1, 0.15) is 21.5 Å². The van der Waals surface area contributed by atoms with E-state index in [1.807, 2.05) is 0 Å². The first-order valence-electron chi connectivity index (χ1n) is 3.80. The molecule has 0 bridgehead atoms. The minimum Gasteiger partial charge on any atom is -0.276 e. The molecule has 0 aliphatic rings. The second-order valence-electron chi connectivity index (χ2n) is 2.92. The number of hydrogen-bond donors (Lipinski definition) is 0. The highest BCUT2D eigenvalue weighted by Gasteiger charge is 2.33. The van der Waals surface area contributed by atoms with Crippen LogP contribution in [0.25, 0.3) is 0 Å². The highest BCUT2D eigenvalue weighted by atomic mass is 35.5. The summed E-state index contributed by atoms with van der Waals surface area (Å²) in [5.41, 5.74) is -0.843. The van der Waals surface area contributed by atoms with Crippen LogP contribution in [0.5, 0.6) is 0 Å². The summed E-state index contributed by atoms with van der Waals surface area (Å²) in [5.74, 6) is 0. The van der Waals surface area contributed by atoms with Crippen molar-refractivity contribution >= 4 is 28.4 Å². The average Bonchev–Trinajstić information content (AvgIpc) is 2.06. The molecule has 15 heavy (non-hydrogen) atoms. The molecule has 0 N–H and O–H groups in total. The zero-order valence-corrected chi connectivity index (χ0v) is 8.96. The van der Waals surface area contributed by atoms with Gasteiger partial charge in [-0.2, -0.15) is 13.2 Å². The van der Waals surface area contributed by atoms with Crippen molar-refractivity contribution < 1.29 is 18.0 Å². The standard InChI is InChI=1S/C9H5Cl2F3O/c1-4-2-6(9(12,13)14)7(10)3-5(4)8(11)15/h2-3H,1H3. The van der Waals surface area contributed by atoms with Gasteiger partial charge in [-0.15, -0.1) is 0 Å². The molecule has 0 radical (unpaired) electrons. The lowest BCUT2D eigenvalue weighted by Crippen LogP contribution is -2.08. The third kappa shape index (κ3) is 2.63. The number of rotatable bonds is 1. The van der Waals surface area contributed by atoms with Crippen molar-refractivity contribution in [2.24, 2.45) is 0 Å². The molecule has 1 rings (SSSR count). The quantitative estimate of drug-likeness (QED) is 0.693. The first-order valence-corrected chi connectivity index (χ1v) is 4.56. The third-order valence-corrected chi connectivity index (χ3v) is 2.35. The molecule has 0 saturated heterocycles. The molecular weight excluding hydrogens is 252 g/mol. The summed E-state index contributed by atoms with van der Waals surface area (Å²) < 4.78 is 37.1. The maximum atomic E-state index is 12.4. The predicted octanol–water partition coefficient (Wildman–Crippen LogP) is 4.05. The van der Waals surface area contributed by atoms with Crippen molar-refractivity contribution in [1.29, 1.82) is 0 Å². The van der Waals surface area contributed by atoms with E-state index in [4.69, 9.17) is 23.2 Å². The summed E-state index contributed by atoms with van der Waals surface area (Å²) in [4.78, 5) is 10.8. The number of carbonyl (C=O) groups excluding carboxylic acids is 1. The maximum Gasteiger partial charge on any atom is 0.417 e. The van der Waals surface area contributed by atoms with Crippen LogP contribution in [0.3, 0.4) is 0 Å². The van der Waals surface area contributed by atoms with E-state index in [1.54, 1.807) is 0 Å². The largest absolute Gasteiger partial charge is 0.417 e. The van der Waals surface area contributed by atoms with Gasteiger partial charge in [0.05, 0.1) is 10.6 Å². The Morgan fingerprint density at radius 1 is 1.33 bits per heavy atom. The molecule has 0 spiro atoms. The SMILES string of the molecule is Cc1cc(C(F)(F)F)c(Cl)cc1C(=O)Cl. The number of halogens is 5. The van der Waals surface area contributed by atoms with E-state index in [0.717, 1.165) is 12.1 Å². The number of hydrogen-bond acceptors (Lipinski definition) is 1. The Bertz CT molecular complexity index is 413. The fourth-order valence-corrected chi connectivity index (χ4v) is 1.58. The summed E-state index contributed by atoms with van der Waals surface area (Å²) in [5, 5.41) is -1.36. The van der Waals surface area contributed by atoms with E-state index in [1.165, 1.54) is 6.92 Å². The predicted molar refractivity (Wildman–Crippen MR) is 51.4 cm³/mol. The molecule has 0 heterocycles. The summed E-state index contributed by atoms with van der Waals surface area (Å²) in [6, 6.07) is 1.73. The van der Waals surface area contributed by atoms with Crippen molar-refractivity contribution in [1.82, 2.24) is 0 Å². The topological polar surface area (TPSA) is 17.1 Å². The molecule has 1 aromatic carbocycles. The van der Waals surface area contributed by atoms with Gasteiger partial charge in [0.2, 0.25) is 0 Å². The van der Waals surface area contributed by atoms with Gasteiger partial charge in [-0.1, -0.05) is 11.6 Å². The molecule has 0 unspecified atom stereocenters. The molecular formula is C9H5Cl2F3O. The lowest BCUT2D eigenvalue weighted by Gasteiger charge is -2.11. The van der Waals surface area contributed by atoms with Crippen LogP contribution in [0.2, 0.25) is 5.02 Å². The summed E-state index contributed by atoms with van der Waals surface area (Å²) >= 11 is 10.6. The summed E-state index contributed by atoms with van der Waals surface area (Å²) in [7, 11) is 0. The van der Waals surface area contributed by atoms with Gasteiger partial charge in [0.1, 0.15) is 0 Å². The van der Waals surface area contributed by atoms with Gasteiger partial charge < -0.3 is 0 Å². The molecule has 0 fully saturated rings. The van der Waals surface area contributed by atoms with Gasteiger partial charge in [0.15, 0.2) is 0 Å². The Morgan fingerprint density at radius 2 is 1.87 bits per heavy atom. The fraction of sp³-hybridized carbons (Fsp3) is 0.222. The molecule has 1 aromatic rings. The van der Waals surface area contributed by atoms with Gasteiger partial charge in [-0.25, -0.2) is 0 Å². The van der Waals surface area contributed by atoms with E-state index in [9.17, 15) is 18.0 Å². The van der Waals surface area contributed by atoms with Crippen LogP contribution < -0.4 is 0 Å². The van der Waals surface area contributed by atoms with Crippen LogP contribution in [-0.2, 0) is 6.18 Å².